The number of ether oxygens (including phenoxy) is 1. The van der Waals surface area contributed by atoms with Crippen molar-refractivity contribution in [2.24, 2.45) is 0 Å². The van der Waals surface area contributed by atoms with Crippen molar-refractivity contribution in [1.29, 1.82) is 0 Å². The molecule has 0 heterocycles. The van der Waals surface area contributed by atoms with Crippen molar-refractivity contribution < 1.29 is 4.74 Å². The van der Waals surface area contributed by atoms with Gasteiger partial charge in [-0.15, -0.1) is 0 Å². The Bertz CT molecular complexity index is 332. The van der Waals surface area contributed by atoms with Gasteiger partial charge in [0.1, 0.15) is 5.75 Å². The van der Waals surface area contributed by atoms with Crippen LogP contribution in [-0.2, 0) is 5.41 Å². The number of methoxy groups -OCH3 is 1. The van der Waals surface area contributed by atoms with Gasteiger partial charge in [0.2, 0.25) is 0 Å². The Morgan fingerprint density at radius 1 is 1.07 bits per heavy atom. The van der Waals surface area contributed by atoms with Crippen LogP contribution >= 0.6 is 0 Å². The van der Waals surface area contributed by atoms with Crippen molar-refractivity contribution in [1.82, 2.24) is 0 Å². The maximum Gasteiger partial charge on any atom is 0.122 e. The monoisotopic (exact) mass is 192 g/mol. The second-order valence-corrected chi connectivity index (χ2v) is 4.83. The van der Waals surface area contributed by atoms with Gasteiger partial charge in [0.25, 0.3) is 0 Å². The molecule has 14 heavy (non-hydrogen) atoms. The van der Waals surface area contributed by atoms with Crippen LogP contribution in [0.3, 0.4) is 0 Å². The summed E-state index contributed by atoms with van der Waals surface area (Å²) >= 11 is 0. The van der Waals surface area contributed by atoms with Gasteiger partial charge < -0.3 is 4.74 Å². The second kappa shape index (κ2) is 3.64. The van der Waals surface area contributed by atoms with E-state index in [1.54, 1.807) is 7.11 Å². The minimum Gasteiger partial charge on any atom is -0.496 e. The summed E-state index contributed by atoms with van der Waals surface area (Å²) in [6.45, 7) is 11.0. The van der Waals surface area contributed by atoms with Gasteiger partial charge in [0, 0.05) is 0 Å². The predicted octanol–water partition coefficient (Wildman–Crippen LogP) is 3.61. The van der Waals surface area contributed by atoms with Crippen LogP contribution in [0.5, 0.6) is 5.75 Å². The lowest BCUT2D eigenvalue weighted by Crippen LogP contribution is -2.15. The van der Waals surface area contributed by atoms with Crippen LogP contribution < -0.4 is 4.74 Å². The second-order valence-electron chi connectivity index (χ2n) is 4.83. The molecular weight excluding hydrogens is 172 g/mol. The zero-order valence-corrected chi connectivity index (χ0v) is 10.1. The number of hydrogen-bond acceptors (Lipinski definition) is 1. The fraction of sp³-hybridized carbons (Fsp3) is 0.538. The third-order valence-corrected chi connectivity index (χ3v) is 2.59. The van der Waals surface area contributed by atoms with E-state index in [9.17, 15) is 0 Å². The molecule has 0 N–H and O–H groups in total. The van der Waals surface area contributed by atoms with Gasteiger partial charge in [-0.3, -0.25) is 0 Å². The van der Waals surface area contributed by atoms with Crippen LogP contribution in [0.25, 0.3) is 0 Å². The Morgan fingerprint density at radius 2 is 1.64 bits per heavy atom. The Morgan fingerprint density at radius 3 is 2.07 bits per heavy atom. The molecule has 0 aromatic heterocycles. The summed E-state index contributed by atoms with van der Waals surface area (Å²) in [5.74, 6) is 0.987. The van der Waals surface area contributed by atoms with Crippen molar-refractivity contribution in [3.8, 4) is 5.75 Å². The summed E-state index contributed by atoms with van der Waals surface area (Å²) in [6.07, 6.45) is 0. The number of rotatable bonds is 1. The van der Waals surface area contributed by atoms with E-state index in [2.05, 4.69) is 40.7 Å². The molecule has 0 spiro atoms. The number of hydrogen-bond donors (Lipinski definition) is 0. The van der Waals surface area contributed by atoms with Gasteiger partial charge in [-0.1, -0.05) is 26.8 Å². The van der Waals surface area contributed by atoms with E-state index in [1.165, 1.54) is 16.7 Å². The van der Waals surface area contributed by atoms with Crippen LogP contribution in [0, 0.1) is 13.8 Å². The number of aryl methyl sites for hydroxylation is 1. The number of benzene rings is 1. The Balaban J connectivity index is 3.40. The van der Waals surface area contributed by atoms with Crippen molar-refractivity contribution in [2.75, 3.05) is 7.11 Å². The molecule has 78 valence electrons. The normalized spacial score (nSPS) is 11.6. The standard InChI is InChI=1S/C13H20O/c1-9-7-8-11(14-6)10(2)12(9)13(3,4)5/h7-8H,1-6H3. The Hall–Kier alpha value is -0.980. The highest BCUT2D eigenvalue weighted by atomic mass is 16.5. The topological polar surface area (TPSA) is 9.23 Å². The van der Waals surface area contributed by atoms with Gasteiger partial charge in [-0.2, -0.15) is 0 Å². The molecule has 1 rings (SSSR count). The first-order valence-electron chi connectivity index (χ1n) is 5.02. The van der Waals surface area contributed by atoms with E-state index in [4.69, 9.17) is 4.74 Å². The third kappa shape index (κ3) is 1.92. The van der Waals surface area contributed by atoms with Gasteiger partial charge in [0.05, 0.1) is 7.11 Å². The molecule has 1 heteroatoms. The molecule has 1 aromatic rings. The highest BCUT2D eigenvalue weighted by molar-refractivity contribution is 5.47. The first kappa shape index (κ1) is 11.1. The zero-order chi connectivity index (χ0) is 10.9. The molecule has 0 aliphatic carbocycles. The van der Waals surface area contributed by atoms with Gasteiger partial charge >= 0.3 is 0 Å². The van der Waals surface area contributed by atoms with Crippen LogP contribution in [-0.4, -0.2) is 7.11 Å². The molecule has 0 fully saturated rings. The summed E-state index contributed by atoms with van der Waals surface area (Å²) in [5, 5.41) is 0. The summed E-state index contributed by atoms with van der Waals surface area (Å²) in [4.78, 5) is 0. The van der Waals surface area contributed by atoms with E-state index in [-0.39, 0.29) is 5.41 Å². The largest absolute Gasteiger partial charge is 0.496 e. The van der Waals surface area contributed by atoms with Crippen molar-refractivity contribution in [3.05, 3.63) is 28.8 Å². The molecule has 0 aliphatic heterocycles. The summed E-state index contributed by atoms with van der Waals surface area (Å²) in [5.41, 5.74) is 4.19. The maximum atomic E-state index is 5.34. The van der Waals surface area contributed by atoms with E-state index < -0.39 is 0 Å². The van der Waals surface area contributed by atoms with Gasteiger partial charge in [-0.05, 0) is 42.0 Å². The molecule has 1 aromatic carbocycles. The molecular formula is C13H20O. The minimum atomic E-state index is 0.183. The summed E-state index contributed by atoms with van der Waals surface area (Å²) in [6, 6.07) is 4.17. The molecule has 0 bridgehead atoms. The fourth-order valence-corrected chi connectivity index (χ4v) is 2.20. The Kier molecular flexibility index (Phi) is 2.89. The molecule has 0 atom stereocenters. The molecule has 0 amide bonds. The SMILES string of the molecule is COc1ccc(C)c(C(C)(C)C)c1C. The molecule has 0 unspecified atom stereocenters. The first-order chi connectivity index (χ1) is 6.38. The molecule has 0 saturated heterocycles. The van der Waals surface area contributed by atoms with Gasteiger partial charge in [-0.25, -0.2) is 0 Å². The quantitative estimate of drug-likeness (QED) is 0.660. The van der Waals surface area contributed by atoms with Crippen LogP contribution in [0.1, 0.15) is 37.5 Å². The minimum absolute atomic E-state index is 0.183. The van der Waals surface area contributed by atoms with Crippen molar-refractivity contribution in [3.63, 3.8) is 0 Å². The van der Waals surface area contributed by atoms with Crippen LogP contribution in [0.15, 0.2) is 12.1 Å². The Labute approximate surface area is 87.1 Å². The lowest BCUT2D eigenvalue weighted by Gasteiger charge is -2.25. The van der Waals surface area contributed by atoms with Crippen LogP contribution in [0.2, 0.25) is 0 Å². The highest BCUT2D eigenvalue weighted by Crippen LogP contribution is 2.33. The first-order valence-corrected chi connectivity index (χ1v) is 5.02. The van der Waals surface area contributed by atoms with E-state index in [1.807, 2.05) is 6.07 Å². The van der Waals surface area contributed by atoms with Crippen molar-refractivity contribution >= 4 is 0 Å². The van der Waals surface area contributed by atoms with E-state index >= 15 is 0 Å². The third-order valence-electron chi connectivity index (χ3n) is 2.59. The average Bonchev–Trinajstić information content (AvgIpc) is 2.02. The van der Waals surface area contributed by atoms with Gasteiger partial charge in [0.15, 0.2) is 0 Å². The smallest absolute Gasteiger partial charge is 0.122 e. The summed E-state index contributed by atoms with van der Waals surface area (Å²) in [7, 11) is 1.73. The zero-order valence-electron chi connectivity index (χ0n) is 10.1. The maximum absolute atomic E-state index is 5.34. The molecule has 1 nitrogen and oxygen atoms in total. The lowest BCUT2D eigenvalue weighted by molar-refractivity contribution is 0.408. The van der Waals surface area contributed by atoms with E-state index in [0.717, 1.165) is 5.75 Å². The van der Waals surface area contributed by atoms with Crippen LogP contribution in [0.4, 0.5) is 0 Å². The average molecular weight is 192 g/mol. The predicted molar refractivity (Wildman–Crippen MR) is 61.2 cm³/mol. The molecule has 0 radical (unpaired) electrons. The lowest BCUT2D eigenvalue weighted by atomic mass is 9.81. The van der Waals surface area contributed by atoms with Crippen molar-refractivity contribution in [2.45, 2.75) is 40.0 Å². The van der Waals surface area contributed by atoms with E-state index in [0.29, 0.717) is 0 Å². The summed E-state index contributed by atoms with van der Waals surface area (Å²) < 4.78 is 5.34. The fourth-order valence-electron chi connectivity index (χ4n) is 2.20. The molecule has 0 saturated carbocycles. The molecule has 0 aliphatic rings. The highest BCUT2D eigenvalue weighted by Gasteiger charge is 2.20.